The number of carbonyl (C=O) groups is 2. The molecular formula is C23H35ClN4O4. The number of amides is 2. The minimum absolute atomic E-state index is 0.0295. The van der Waals surface area contributed by atoms with Gasteiger partial charge in [-0.25, -0.2) is 4.99 Å². The number of nitrogens with zero attached hydrogens (tertiary/aromatic N) is 4. The maximum atomic E-state index is 13.5. The van der Waals surface area contributed by atoms with Gasteiger partial charge in [-0.05, 0) is 51.6 Å². The van der Waals surface area contributed by atoms with Crippen molar-refractivity contribution in [2.75, 3.05) is 39.9 Å². The van der Waals surface area contributed by atoms with Gasteiger partial charge in [0.15, 0.2) is 5.82 Å². The van der Waals surface area contributed by atoms with Crippen molar-refractivity contribution in [2.45, 2.75) is 39.8 Å². The number of benzene rings is 1. The SMILES string of the molecule is C=N/C(=C(/C(=O)N(C)CCCO)N(CCOC(C)C)Cc1ccc(Cl)cc1)N(C=O)CC. The molecule has 0 unspecified atom stereocenters. The number of likely N-dealkylation sites (N-methyl/N-ethyl adjacent to an activating group) is 1. The summed E-state index contributed by atoms with van der Waals surface area (Å²) < 4.78 is 5.74. The summed E-state index contributed by atoms with van der Waals surface area (Å²) in [6.45, 7) is 11.1. The van der Waals surface area contributed by atoms with Gasteiger partial charge in [-0.3, -0.25) is 14.5 Å². The van der Waals surface area contributed by atoms with Crippen LogP contribution in [0.3, 0.4) is 0 Å². The first-order chi connectivity index (χ1) is 15.3. The summed E-state index contributed by atoms with van der Waals surface area (Å²) >= 11 is 6.03. The Balaban J connectivity index is 3.50. The molecule has 1 aromatic rings. The van der Waals surface area contributed by atoms with E-state index in [1.807, 2.05) is 30.9 Å². The molecule has 0 radical (unpaired) electrons. The van der Waals surface area contributed by atoms with Crippen LogP contribution >= 0.6 is 11.6 Å². The van der Waals surface area contributed by atoms with Gasteiger partial charge in [0.2, 0.25) is 6.41 Å². The Hall–Kier alpha value is -2.42. The van der Waals surface area contributed by atoms with Gasteiger partial charge in [-0.2, -0.15) is 0 Å². The number of halogens is 1. The molecule has 32 heavy (non-hydrogen) atoms. The summed E-state index contributed by atoms with van der Waals surface area (Å²) in [4.78, 5) is 34.0. The highest BCUT2D eigenvalue weighted by molar-refractivity contribution is 6.30. The Morgan fingerprint density at radius 3 is 2.44 bits per heavy atom. The maximum Gasteiger partial charge on any atom is 0.273 e. The molecule has 0 saturated heterocycles. The minimum Gasteiger partial charge on any atom is -0.396 e. The van der Waals surface area contributed by atoms with Gasteiger partial charge < -0.3 is 19.6 Å². The lowest BCUT2D eigenvalue weighted by molar-refractivity contribution is -0.128. The van der Waals surface area contributed by atoms with Gasteiger partial charge in [-0.1, -0.05) is 23.7 Å². The maximum absolute atomic E-state index is 13.5. The van der Waals surface area contributed by atoms with Crippen molar-refractivity contribution in [3.63, 3.8) is 0 Å². The number of hydrogen-bond acceptors (Lipinski definition) is 6. The Bertz CT molecular complexity index is 768. The fraction of sp³-hybridized carbons (Fsp3) is 0.522. The van der Waals surface area contributed by atoms with Crippen molar-refractivity contribution in [1.29, 1.82) is 0 Å². The molecule has 0 bridgehead atoms. The number of hydrogen-bond donors (Lipinski definition) is 1. The molecule has 178 valence electrons. The molecule has 0 aromatic heterocycles. The third-order valence-corrected chi connectivity index (χ3v) is 4.97. The highest BCUT2D eigenvalue weighted by Gasteiger charge is 2.28. The zero-order valence-electron chi connectivity index (χ0n) is 19.5. The number of ether oxygens (including phenoxy) is 1. The van der Waals surface area contributed by atoms with Crippen LogP contribution in [0.4, 0.5) is 0 Å². The fourth-order valence-corrected chi connectivity index (χ4v) is 3.14. The lowest BCUT2D eigenvalue weighted by atomic mass is 10.2. The summed E-state index contributed by atoms with van der Waals surface area (Å²) in [6.07, 6.45) is 1.10. The first kappa shape index (κ1) is 27.6. The predicted octanol–water partition coefficient (Wildman–Crippen LogP) is 2.76. The van der Waals surface area contributed by atoms with Crippen LogP contribution in [0.1, 0.15) is 32.8 Å². The third kappa shape index (κ3) is 8.61. The molecule has 9 heteroatoms. The van der Waals surface area contributed by atoms with Gasteiger partial charge in [0.25, 0.3) is 5.91 Å². The van der Waals surface area contributed by atoms with Crippen molar-refractivity contribution in [3.05, 3.63) is 46.4 Å². The van der Waals surface area contributed by atoms with Crippen molar-refractivity contribution < 1.29 is 19.4 Å². The van der Waals surface area contributed by atoms with Crippen LogP contribution in [0.2, 0.25) is 5.02 Å². The summed E-state index contributed by atoms with van der Waals surface area (Å²) in [6, 6.07) is 7.34. The number of aliphatic imine (C=N–C) groups is 1. The third-order valence-electron chi connectivity index (χ3n) is 4.72. The number of aliphatic hydroxyl groups is 1. The molecule has 0 aliphatic rings. The van der Waals surface area contributed by atoms with E-state index in [-0.39, 0.29) is 30.1 Å². The second-order valence-electron chi connectivity index (χ2n) is 7.49. The van der Waals surface area contributed by atoms with Gasteiger partial charge in [-0.15, -0.1) is 0 Å². The van der Waals surface area contributed by atoms with E-state index in [1.165, 1.54) is 9.80 Å². The molecular weight excluding hydrogens is 432 g/mol. The van der Waals surface area contributed by atoms with Crippen LogP contribution in [0.15, 0.2) is 40.8 Å². The highest BCUT2D eigenvalue weighted by atomic mass is 35.5. The monoisotopic (exact) mass is 466 g/mol. The first-order valence-electron chi connectivity index (χ1n) is 10.7. The molecule has 0 aliphatic heterocycles. The van der Waals surface area contributed by atoms with Gasteiger partial charge >= 0.3 is 0 Å². The Morgan fingerprint density at radius 2 is 1.94 bits per heavy atom. The molecule has 1 rings (SSSR count). The molecule has 1 aromatic carbocycles. The molecule has 0 heterocycles. The smallest absolute Gasteiger partial charge is 0.273 e. The van der Waals surface area contributed by atoms with Crippen molar-refractivity contribution in [1.82, 2.24) is 14.7 Å². The summed E-state index contributed by atoms with van der Waals surface area (Å²) in [7, 11) is 1.65. The quantitative estimate of drug-likeness (QED) is 0.244. The molecule has 0 aliphatic carbocycles. The van der Waals surface area contributed by atoms with Crippen molar-refractivity contribution >= 4 is 30.6 Å². The normalized spacial score (nSPS) is 11.7. The first-order valence-corrected chi connectivity index (χ1v) is 11.1. The molecule has 0 atom stereocenters. The lowest BCUT2D eigenvalue weighted by Gasteiger charge is -2.32. The van der Waals surface area contributed by atoms with Crippen LogP contribution < -0.4 is 0 Å². The minimum atomic E-state index is -0.320. The lowest BCUT2D eigenvalue weighted by Crippen LogP contribution is -2.41. The standard InChI is InChI=1S/C23H35ClN4O4/c1-6-27(17-30)22(25-4)21(23(31)26(5)12-7-14-29)28(13-15-32-18(2)3)16-19-8-10-20(24)11-9-19/h8-11,17-18,29H,4,6-7,12-16H2,1-3,5H3/b22-21+. The molecule has 0 spiro atoms. The molecule has 0 saturated carbocycles. The van der Waals surface area contributed by atoms with Gasteiger partial charge in [0.1, 0.15) is 5.70 Å². The van der Waals surface area contributed by atoms with Gasteiger partial charge in [0, 0.05) is 44.9 Å². The number of aliphatic hydroxyl groups excluding tert-OH is 1. The van der Waals surface area contributed by atoms with Crippen LogP contribution in [-0.4, -0.2) is 84.8 Å². The zero-order valence-corrected chi connectivity index (χ0v) is 20.2. The molecule has 8 nitrogen and oxygen atoms in total. The zero-order chi connectivity index (χ0) is 24.1. The van der Waals surface area contributed by atoms with E-state index < -0.39 is 0 Å². The van der Waals surface area contributed by atoms with E-state index in [4.69, 9.17) is 16.3 Å². The van der Waals surface area contributed by atoms with Crippen LogP contribution in [-0.2, 0) is 20.9 Å². The fourth-order valence-electron chi connectivity index (χ4n) is 3.02. The summed E-state index contributed by atoms with van der Waals surface area (Å²) in [5.74, 6) is -0.137. The van der Waals surface area contributed by atoms with Crippen molar-refractivity contribution in [2.24, 2.45) is 4.99 Å². The highest BCUT2D eigenvalue weighted by Crippen LogP contribution is 2.21. The summed E-state index contributed by atoms with van der Waals surface area (Å²) in [5.41, 5.74) is 1.18. The van der Waals surface area contributed by atoms with Gasteiger partial charge in [0.05, 0.1) is 12.7 Å². The van der Waals surface area contributed by atoms with Crippen LogP contribution in [0.25, 0.3) is 0 Å². The van der Waals surface area contributed by atoms with E-state index in [9.17, 15) is 14.7 Å². The Labute approximate surface area is 196 Å². The second kappa shape index (κ2) is 14.6. The molecule has 0 fully saturated rings. The number of rotatable bonds is 15. The van der Waals surface area contributed by atoms with E-state index in [2.05, 4.69) is 11.7 Å². The van der Waals surface area contributed by atoms with E-state index in [0.29, 0.717) is 50.6 Å². The Kier molecular flexibility index (Phi) is 12.6. The van der Waals surface area contributed by atoms with Crippen LogP contribution in [0, 0.1) is 0 Å². The second-order valence-corrected chi connectivity index (χ2v) is 7.93. The summed E-state index contributed by atoms with van der Waals surface area (Å²) in [5, 5.41) is 9.80. The molecule has 1 N–H and O–H groups in total. The average molecular weight is 467 g/mol. The molecule has 2 amide bonds. The topological polar surface area (TPSA) is 85.7 Å². The van der Waals surface area contributed by atoms with E-state index in [1.54, 1.807) is 26.1 Å². The van der Waals surface area contributed by atoms with Crippen LogP contribution in [0.5, 0.6) is 0 Å². The predicted molar refractivity (Wildman–Crippen MR) is 127 cm³/mol. The number of carbonyl (C=O) groups excluding carboxylic acids is 2. The average Bonchev–Trinajstić information content (AvgIpc) is 2.77. The van der Waals surface area contributed by atoms with Crippen molar-refractivity contribution in [3.8, 4) is 0 Å². The largest absolute Gasteiger partial charge is 0.396 e. The van der Waals surface area contributed by atoms with E-state index >= 15 is 0 Å². The Morgan fingerprint density at radius 1 is 1.28 bits per heavy atom. The van der Waals surface area contributed by atoms with E-state index in [0.717, 1.165) is 5.56 Å².